The summed E-state index contributed by atoms with van der Waals surface area (Å²) >= 11 is 0. The molecular formula is C18H30IN3O. The third-order valence-corrected chi connectivity index (χ3v) is 4.46. The second-order valence-electron chi connectivity index (χ2n) is 6.20. The molecule has 0 radical (unpaired) electrons. The number of aryl methyl sites for hydroxylation is 1. The molecule has 23 heavy (non-hydrogen) atoms. The van der Waals surface area contributed by atoms with Gasteiger partial charge in [0.25, 0.3) is 0 Å². The molecule has 1 aliphatic heterocycles. The summed E-state index contributed by atoms with van der Waals surface area (Å²) in [6.07, 6.45) is 3.49. The van der Waals surface area contributed by atoms with Crippen molar-refractivity contribution in [2.24, 2.45) is 10.9 Å². The van der Waals surface area contributed by atoms with Crippen molar-refractivity contribution in [3.05, 3.63) is 29.3 Å². The highest BCUT2D eigenvalue weighted by molar-refractivity contribution is 14.0. The molecule has 0 amide bonds. The molecular weight excluding hydrogens is 401 g/mol. The van der Waals surface area contributed by atoms with Crippen molar-refractivity contribution in [1.82, 2.24) is 10.2 Å². The number of benzene rings is 1. The highest BCUT2D eigenvalue weighted by Gasteiger charge is 2.18. The second-order valence-corrected chi connectivity index (χ2v) is 6.20. The molecule has 0 spiro atoms. The Morgan fingerprint density at radius 2 is 2.04 bits per heavy atom. The van der Waals surface area contributed by atoms with Crippen LogP contribution in [0.4, 0.5) is 0 Å². The lowest BCUT2D eigenvalue weighted by Crippen LogP contribution is -2.45. The van der Waals surface area contributed by atoms with Crippen LogP contribution in [0.15, 0.2) is 23.2 Å². The number of methoxy groups -OCH3 is 1. The average molecular weight is 431 g/mol. The lowest BCUT2D eigenvalue weighted by atomic mass is 9.99. The molecule has 0 atom stereocenters. The Balaban J connectivity index is 0.00000264. The fourth-order valence-electron chi connectivity index (χ4n) is 2.89. The molecule has 5 heteroatoms. The van der Waals surface area contributed by atoms with Crippen molar-refractivity contribution in [3.8, 4) is 5.75 Å². The van der Waals surface area contributed by atoms with Gasteiger partial charge in [-0.2, -0.15) is 0 Å². The van der Waals surface area contributed by atoms with E-state index in [1.165, 1.54) is 24.0 Å². The number of likely N-dealkylation sites (tertiary alicyclic amines) is 1. The molecule has 0 bridgehead atoms. The first-order valence-corrected chi connectivity index (χ1v) is 8.23. The molecule has 1 aromatic rings. The third kappa shape index (κ3) is 5.86. The molecule has 0 saturated carbocycles. The number of nitrogens with one attached hydrogen (secondary N) is 1. The van der Waals surface area contributed by atoms with Crippen molar-refractivity contribution in [2.75, 3.05) is 33.8 Å². The minimum absolute atomic E-state index is 0. The number of hydrogen-bond donors (Lipinski definition) is 1. The topological polar surface area (TPSA) is 36.9 Å². The Kier molecular flexibility index (Phi) is 8.73. The van der Waals surface area contributed by atoms with E-state index in [9.17, 15) is 0 Å². The highest BCUT2D eigenvalue weighted by Crippen LogP contribution is 2.19. The van der Waals surface area contributed by atoms with Gasteiger partial charge in [-0.05, 0) is 49.3 Å². The molecule has 0 aliphatic carbocycles. The number of nitrogens with zero attached hydrogens (tertiary/aromatic N) is 2. The summed E-state index contributed by atoms with van der Waals surface area (Å²) in [7, 11) is 3.60. The summed E-state index contributed by atoms with van der Waals surface area (Å²) in [5, 5.41) is 3.49. The summed E-state index contributed by atoms with van der Waals surface area (Å²) < 4.78 is 5.39. The number of rotatable bonds is 4. The minimum atomic E-state index is 0. The smallest absolute Gasteiger partial charge is 0.193 e. The van der Waals surface area contributed by atoms with Gasteiger partial charge in [0.1, 0.15) is 5.75 Å². The van der Waals surface area contributed by atoms with Gasteiger partial charge in [0.15, 0.2) is 5.96 Å². The maximum atomic E-state index is 5.39. The van der Waals surface area contributed by atoms with Gasteiger partial charge >= 0.3 is 0 Å². The Hall–Kier alpha value is -0.980. The van der Waals surface area contributed by atoms with E-state index in [-0.39, 0.29) is 24.0 Å². The number of halogens is 1. The Bertz CT molecular complexity index is 511. The summed E-state index contributed by atoms with van der Waals surface area (Å²) in [5.74, 6) is 2.84. The quantitative estimate of drug-likeness (QED) is 0.451. The number of guanidine groups is 1. The SMILES string of the molecule is CN=C(NCCc1ccc(C)c(OC)c1)N1CCC(C)CC1.I. The zero-order valence-corrected chi connectivity index (χ0v) is 17.1. The maximum Gasteiger partial charge on any atom is 0.193 e. The van der Waals surface area contributed by atoms with Gasteiger partial charge in [0, 0.05) is 26.7 Å². The molecule has 4 nitrogen and oxygen atoms in total. The zero-order chi connectivity index (χ0) is 15.9. The Morgan fingerprint density at radius 1 is 1.35 bits per heavy atom. The van der Waals surface area contributed by atoms with E-state index in [0.29, 0.717) is 0 Å². The van der Waals surface area contributed by atoms with Gasteiger partial charge in [-0.25, -0.2) is 0 Å². The number of hydrogen-bond acceptors (Lipinski definition) is 2. The van der Waals surface area contributed by atoms with Gasteiger partial charge in [-0.15, -0.1) is 24.0 Å². The predicted molar refractivity (Wildman–Crippen MR) is 108 cm³/mol. The standard InChI is InChI=1S/C18H29N3O.HI/c1-14-8-11-21(12-9-14)18(19-3)20-10-7-16-6-5-15(2)17(13-16)22-4;/h5-6,13-14H,7-12H2,1-4H3,(H,19,20);1H. The molecule has 1 heterocycles. The summed E-state index contributed by atoms with van der Waals surface area (Å²) in [6, 6.07) is 6.42. The van der Waals surface area contributed by atoms with E-state index < -0.39 is 0 Å². The third-order valence-electron chi connectivity index (χ3n) is 4.46. The molecule has 0 aromatic heterocycles. The monoisotopic (exact) mass is 431 g/mol. The molecule has 2 rings (SSSR count). The number of piperidine rings is 1. The maximum absolute atomic E-state index is 5.39. The van der Waals surface area contributed by atoms with Crippen molar-refractivity contribution >= 4 is 29.9 Å². The van der Waals surface area contributed by atoms with E-state index >= 15 is 0 Å². The normalized spacial score (nSPS) is 16.0. The van der Waals surface area contributed by atoms with Crippen LogP contribution in [0.3, 0.4) is 0 Å². The van der Waals surface area contributed by atoms with E-state index in [2.05, 4.69) is 47.3 Å². The van der Waals surface area contributed by atoms with Crippen LogP contribution in [-0.4, -0.2) is 44.7 Å². The van der Waals surface area contributed by atoms with Crippen molar-refractivity contribution in [1.29, 1.82) is 0 Å². The van der Waals surface area contributed by atoms with Crippen LogP contribution in [0.25, 0.3) is 0 Å². The predicted octanol–water partition coefficient (Wildman–Crippen LogP) is 3.47. The van der Waals surface area contributed by atoms with Gasteiger partial charge < -0.3 is 15.0 Å². The molecule has 1 saturated heterocycles. The minimum Gasteiger partial charge on any atom is -0.496 e. The van der Waals surface area contributed by atoms with E-state index in [0.717, 1.165) is 43.7 Å². The first-order valence-electron chi connectivity index (χ1n) is 8.23. The van der Waals surface area contributed by atoms with Crippen LogP contribution in [0.2, 0.25) is 0 Å². The number of ether oxygens (including phenoxy) is 1. The van der Waals surface area contributed by atoms with Crippen molar-refractivity contribution in [3.63, 3.8) is 0 Å². The molecule has 130 valence electrons. The largest absolute Gasteiger partial charge is 0.496 e. The Labute approximate surface area is 157 Å². The van der Waals surface area contributed by atoms with Gasteiger partial charge in [-0.1, -0.05) is 19.1 Å². The fourth-order valence-corrected chi connectivity index (χ4v) is 2.89. The lowest BCUT2D eigenvalue weighted by molar-refractivity contribution is 0.273. The van der Waals surface area contributed by atoms with Gasteiger partial charge in [-0.3, -0.25) is 4.99 Å². The Morgan fingerprint density at radius 3 is 2.65 bits per heavy atom. The van der Waals surface area contributed by atoms with E-state index in [1.807, 2.05) is 7.05 Å². The average Bonchev–Trinajstić information content (AvgIpc) is 2.54. The molecule has 1 N–H and O–H groups in total. The highest BCUT2D eigenvalue weighted by atomic mass is 127. The second kappa shape index (κ2) is 10.0. The molecule has 1 aromatic carbocycles. The first kappa shape index (κ1) is 20.1. The van der Waals surface area contributed by atoms with Crippen LogP contribution in [0.5, 0.6) is 5.75 Å². The zero-order valence-electron chi connectivity index (χ0n) is 14.8. The number of aliphatic imine (C=N–C) groups is 1. The lowest BCUT2D eigenvalue weighted by Gasteiger charge is -2.32. The van der Waals surface area contributed by atoms with Crippen LogP contribution in [0, 0.1) is 12.8 Å². The van der Waals surface area contributed by atoms with Crippen molar-refractivity contribution in [2.45, 2.75) is 33.1 Å². The fraction of sp³-hybridized carbons (Fsp3) is 0.611. The van der Waals surface area contributed by atoms with Crippen LogP contribution < -0.4 is 10.1 Å². The van der Waals surface area contributed by atoms with E-state index in [4.69, 9.17) is 4.74 Å². The van der Waals surface area contributed by atoms with Crippen LogP contribution >= 0.6 is 24.0 Å². The molecule has 0 unspecified atom stereocenters. The first-order chi connectivity index (χ1) is 10.6. The van der Waals surface area contributed by atoms with Crippen LogP contribution in [0.1, 0.15) is 30.9 Å². The summed E-state index contributed by atoms with van der Waals surface area (Å²) in [5.41, 5.74) is 2.47. The van der Waals surface area contributed by atoms with Gasteiger partial charge in [0.2, 0.25) is 0 Å². The van der Waals surface area contributed by atoms with E-state index in [1.54, 1.807) is 7.11 Å². The van der Waals surface area contributed by atoms with Gasteiger partial charge in [0.05, 0.1) is 7.11 Å². The van der Waals surface area contributed by atoms with Crippen LogP contribution in [-0.2, 0) is 6.42 Å². The molecule has 1 aliphatic rings. The van der Waals surface area contributed by atoms with Crippen molar-refractivity contribution < 1.29 is 4.74 Å². The molecule has 1 fully saturated rings. The summed E-state index contributed by atoms with van der Waals surface area (Å²) in [6.45, 7) is 7.52. The summed E-state index contributed by atoms with van der Waals surface area (Å²) in [4.78, 5) is 6.79.